The minimum absolute atomic E-state index is 0.172. The van der Waals surface area contributed by atoms with Gasteiger partial charge in [0.25, 0.3) is 5.91 Å². The van der Waals surface area contributed by atoms with Crippen LogP contribution in [0.5, 0.6) is 0 Å². The fourth-order valence-corrected chi connectivity index (χ4v) is 2.16. The molecule has 8 nitrogen and oxygen atoms in total. The summed E-state index contributed by atoms with van der Waals surface area (Å²) in [7, 11) is 3.07. The Kier molecular flexibility index (Phi) is 4.62. The number of amides is 1. The zero-order valence-electron chi connectivity index (χ0n) is 12.3. The van der Waals surface area contributed by atoms with E-state index in [1.54, 1.807) is 25.2 Å². The zero-order chi connectivity index (χ0) is 16.3. The maximum Gasteiger partial charge on any atom is 0.326 e. The number of fused-ring (bicyclic) bond motifs is 1. The Hall–Kier alpha value is -2.61. The number of aliphatic carboxylic acids is 1. The van der Waals surface area contributed by atoms with Gasteiger partial charge in [-0.3, -0.25) is 14.2 Å². The fourth-order valence-electron chi connectivity index (χ4n) is 2.16. The average molecular weight is 307 g/mol. The topological polar surface area (TPSA) is 105 Å². The number of methoxy groups -OCH3 is 1. The molecule has 1 aromatic heterocycles. The van der Waals surface area contributed by atoms with Crippen LogP contribution in [0.4, 0.5) is 0 Å². The summed E-state index contributed by atoms with van der Waals surface area (Å²) in [5.41, 5.74) is 1.24. The lowest BCUT2D eigenvalue weighted by atomic mass is 10.1. The maximum absolute atomic E-state index is 12.5. The summed E-state index contributed by atoms with van der Waals surface area (Å²) in [6.45, 7) is 0.00193. The van der Waals surface area contributed by atoms with E-state index < -0.39 is 18.4 Å². The smallest absolute Gasteiger partial charge is 0.326 e. The lowest BCUT2D eigenvalue weighted by molar-refractivity contribution is -0.137. The molecule has 0 bridgehead atoms. The van der Waals surface area contributed by atoms with Crippen molar-refractivity contribution in [3.05, 3.63) is 34.2 Å². The molecular weight excluding hydrogens is 290 g/mol. The molecule has 1 amide bonds. The van der Waals surface area contributed by atoms with Crippen molar-refractivity contribution in [1.29, 1.82) is 0 Å². The highest BCUT2D eigenvalue weighted by Crippen LogP contribution is 2.14. The van der Waals surface area contributed by atoms with Crippen molar-refractivity contribution in [2.75, 3.05) is 26.8 Å². The van der Waals surface area contributed by atoms with E-state index in [9.17, 15) is 14.4 Å². The molecule has 0 aliphatic carbocycles. The van der Waals surface area contributed by atoms with E-state index in [1.807, 2.05) is 0 Å². The molecule has 1 heterocycles. The van der Waals surface area contributed by atoms with Crippen molar-refractivity contribution in [2.45, 2.75) is 0 Å². The van der Waals surface area contributed by atoms with Crippen LogP contribution >= 0.6 is 0 Å². The van der Waals surface area contributed by atoms with Crippen LogP contribution in [-0.2, 0) is 16.6 Å². The highest BCUT2D eigenvalue weighted by molar-refractivity contribution is 5.98. The van der Waals surface area contributed by atoms with Crippen LogP contribution in [0.2, 0.25) is 0 Å². The van der Waals surface area contributed by atoms with Gasteiger partial charge in [0.15, 0.2) is 0 Å². The Morgan fingerprint density at radius 1 is 1.41 bits per heavy atom. The number of rotatable bonds is 6. The maximum atomic E-state index is 12.5. The predicted octanol–water partition coefficient (Wildman–Crippen LogP) is 0.0398. The molecule has 0 aliphatic heterocycles. The zero-order valence-corrected chi connectivity index (χ0v) is 12.3. The van der Waals surface area contributed by atoms with Gasteiger partial charge in [-0.1, -0.05) is 0 Å². The van der Waals surface area contributed by atoms with Crippen LogP contribution in [0.3, 0.4) is 0 Å². The van der Waals surface area contributed by atoms with Gasteiger partial charge < -0.3 is 19.7 Å². The van der Waals surface area contributed by atoms with E-state index in [-0.39, 0.29) is 18.8 Å². The highest BCUT2D eigenvalue weighted by atomic mass is 16.5. The third kappa shape index (κ3) is 3.17. The lowest BCUT2D eigenvalue weighted by Crippen LogP contribution is -2.38. The summed E-state index contributed by atoms with van der Waals surface area (Å²) < 4.78 is 6.29. The summed E-state index contributed by atoms with van der Waals surface area (Å²) in [5.74, 6) is -1.52. The van der Waals surface area contributed by atoms with E-state index in [0.717, 1.165) is 0 Å². The van der Waals surface area contributed by atoms with Crippen LogP contribution in [0.1, 0.15) is 10.4 Å². The third-order valence-corrected chi connectivity index (χ3v) is 3.33. The molecule has 0 saturated heterocycles. The Morgan fingerprint density at radius 3 is 2.77 bits per heavy atom. The number of imidazole rings is 1. The summed E-state index contributed by atoms with van der Waals surface area (Å²) in [6, 6.07) is 4.75. The minimum Gasteiger partial charge on any atom is -0.480 e. The van der Waals surface area contributed by atoms with Gasteiger partial charge in [0, 0.05) is 26.3 Å². The molecule has 118 valence electrons. The number of carboxylic acids is 1. The van der Waals surface area contributed by atoms with E-state index in [2.05, 4.69) is 4.98 Å². The third-order valence-electron chi connectivity index (χ3n) is 3.33. The van der Waals surface area contributed by atoms with Gasteiger partial charge in [0.2, 0.25) is 0 Å². The van der Waals surface area contributed by atoms with Crippen molar-refractivity contribution in [1.82, 2.24) is 14.5 Å². The minimum atomic E-state index is -1.10. The summed E-state index contributed by atoms with van der Waals surface area (Å²) in [4.78, 5) is 38.8. The number of hydrogen-bond acceptors (Lipinski definition) is 4. The molecule has 0 radical (unpaired) electrons. The molecule has 0 aliphatic rings. The van der Waals surface area contributed by atoms with Gasteiger partial charge in [-0.05, 0) is 18.2 Å². The molecule has 0 fully saturated rings. The number of aromatic amines is 1. The van der Waals surface area contributed by atoms with E-state index >= 15 is 0 Å². The number of aromatic nitrogens is 2. The first kappa shape index (κ1) is 15.8. The van der Waals surface area contributed by atoms with Crippen LogP contribution < -0.4 is 5.69 Å². The van der Waals surface area contributed by atoms with Crippen molar-refractivity contribution in [3.8, 4) is 0 Å². The Balaban J connectivity index is 2.34. The number of carbonyl (C=O) groups excluding carboxylic acids is 1. The largest absolute Gasteiger partial charge is 0.480 e. The van der Waals surface area contributed by atoms with Crippen molar-refractivity contribution in [3.63, 3.8) is 0 Å². The van der Waals surface area contributed by atoms with Crippen LogP contribution in [-0.4, -0.2) is 58.2 Å². The van der Waals surface area contributed by atoms with Gasteiger partial charge in [0.1, 0.15) is 6.54 Å². The number of benzene rings is 1. The number of aryl methyl sites for hydroxylation is 1. The number of ether oxygens (including phenoxy) is 1. The van der Waals surface area contributed by atoms with Crippen LogP contribution in [0.25, 0.3) is 11.0 Å². The molecule has 2 N–H and O–H groups in total. The first-order valence-corrected chi connectivity index (χ1v) is 6.62. The SMILES string of the molecule is COCCN(CC(=O)O)C(=O)c1ccc2[nH]c(=O)n(C)c2c1. The average Bonchev–Trinajstić information content (AvgIpc) is 2.77. The van der Waals surface area contributed by atoms with Gasteiger partial charge >= 0.3 is 11.7 Å². The molecule has 0 atom stereocenters. The van der Waals surface area contributed by atoms with Crippen molar-refractivity contribution < 1.29 is 19.4 Å². The number of H-pyrrole nitrogens is 1. The molecule has 22 heavy (non-hydrogen) atoms. The number of nitrogens with zero attached hydrogens (tertiary/aromatic N) is 2. The van der Waals surface area contributed by atoms with Gasteiger partial charge in [-0.15, -0.1) is 0 Å². The monoisotopic (exact) mass is 307 g/mol. The molecule has 0 spiro atoms. The van der Waals surface area contributed by atoms with Crippen molar-refractivity contribution >= 4 is 22.9 Å². The first-order valence-electron chi connectivity index (χ1n) is 6.62. The lowest BCUT2D eigenvalue weighted by Gasteiger charge is -2.20. The van der Waals surface area contributed by atoms with E-state index in [0.29, 0.717) is 16.6 Å². The summed E-state index contributed by atoms with van der Waals surface area (Å²) in [5, 5.41) is 8.91. The second-order valence-electron chi connectivity index (χ2n) is 4.83. The van der Waals surface area contributed by atoms with Gasteiger partial charge in [-0.2, -0.15) is 0 Å². The van der Waals surface area contributed by atoms with Crippen LogP contribution in [0.15, 0.2) is 23.0 Å². The number of carboxylic acid groups (broad SMARTS) is 1. The standard InChI is InChI=1S/C14H17N3O5/c1-16-11-7-9(3-4-10(11)15-14(16)21)13(20)17(5-6-22-2)8-12(18)19/h3-4,7H,5-6,8H2,1-2H3,(H,15,21)(H,18,19). The number of carbonyl (C=O) groups is 2. The Bertz CT molecular complexity index is 761. The molecule has 8 heteroatoms. The van der Waals surface area contributed by atoms with E-state index in [1.165, 1.54) is 16.6 Å². The number of hydrogen-bond donors (Lipinski definition) is 2. The molecule has 2 rings (SSSR count). The Morgan fingerprint density at radius 2 is 2.14 bits per heavy atom. The van der Waals surface area contributed by atoms with Crippen LogP contribution in [0, 0.1) is 0 Å². The molecule has 1 aromatic carbocycles. The van der Waals surface area contributed by atoms with Gasteiger partial charge in [-0.25, -0.2) is 4.79 Å². The second-order valence-corrected chi connectivity index (χ2v) is 4.83. The number of nitrogens with one attached hydrogen (secondary N) is 1. The van der Waals surface area contributed by atoms with E-state index in [4.69, 9.17) is 9.84 Å². The first-order chi connectivity index (χ1) is 10.4. The highest BCUT2D eigenvalue weighted by Gasteiger charge is 2.19. The quantitative estimate of drug-likeness (QED) is 0.784. The van der Waals surface area contributed by atoms with Gasteiger partial charge in [0.05, 0.1) is 17.6 Å². The molecule has 0 saturated carbocycles. The fraction of sp³-hybridized carbons (Fsp3) is 0.357. The second kappa shape index (κ2) is 6.44. The normalized spacial score (nSPS) is 10.8. The molecule has 2 aromatic rings. The molecular formula is C14H17N3O5. The molecule has 0 unspecified atom stereocenters. The predicted molar refractivity (Wildman–Crippen MR) is 79.0 cm³/mol. The summed E-state index contributed by atoms with van der Waals surface area (Å²) >= 11 is 0. The van der Waals surface area contributed by atoms with Crippen molar-refractivity contribution in [2.24, 2.45) is 7.05 Å². The summed E-state index contributed by atoms with van der Waals surface area (Å²) in [6.07, 6.45) is 0. The Labute approximate surface area is 125 Å².